The van der Waals surface area contributed by atoms with Crippen molar-refractivity contribution in [1.82, 2.24) is 0 Å². The summed E-state index contributed by atoms with van der Waals surface area (Å²) < 4.78 is 0. The first-order valence-corrected chi connectivity index (χ1v) is 7.89. The van der Waals surface area contributed by atoms with Gasteiger partial charge in [-0.2, -0.15) is 0 Å². The van der Waals surface area contributed by atoms with Crippen molar-refractivity contribution in [1.29, 1.82) is 0 Å². The normalized spacial score (nSPS) is 19.3. The third-order valence-electron chi connectivity index (χ3n) is 2.20. The van der Waals surface area contributed by atoms with Crippen LogP contribution in [0.2, 0.25) is 19.6 Å². The number of allylic oxidation sites excluding steroid dienone is 4. The highest BCUT2D eigenvalue weighted by atomic mass is 28.3. The Morgan fingerprint density at radius 1 is 1.09 bits per heavy atom. The molecule has 0 fully saturated rings. The standard InChI is InChI=1S/C10H18Si/c1-9-7-5-6-8-10(9)11(2,3)4/h7-8H,5-6H2,1-4H3. The highest BCUT2D eigenvalue weighted by Gasteiger charge is 2.21. The highest BCUT2D eigenvalue weighted by Crippen LogP contribution is 2.26. The molecule has 0 saturated heterocycles. The molecule has 0 amide bonds. The molecule has 0 heterocycles. The minimum atomic E-state index is -1.03. The first kappa shape index (κ1) is 8.79. The van der Waals surface area contributed by atoms with Crippen molar-refractivity contribution in [3.8, 4) is 0 Å². The van der Waals surface area contributed by atoms with E-state index in [0.29, 0.717) is 0 Å². The zero-order valence-electron chi connectivity index (χ0n) is 8.07. The van der Waals surface area contributed by atoms with E-state index in [4.69, 9.17) is 0 Å². The predicted octanol–water partition coefficient (Wildman–Crippen LogP) is 3.53. The highest BCUT2D eigenvalue weighted by molar-refractivity contribution is 6.84. The first-order chi connectivity index (χ1) is 5.02. The summed E-state index contributed by atoms with van der Waals surface area (Å²) in [5, 5.41) is 1.67. The average molecular weight is 166 g/mol. The van der Waals surface area contributed by atoms with E-state index in [2.05, 4.69) is 38.7 Å². The monoisotopic (exact) mass is 166 g/mol. The minimum Gasteiger partial charge on any atom is -0.0847 e. The van der Waals surface area contributed by atoms with Crippen molar-refractivity contribution in [3.05, 3.63) is 22.9 Å². The second-order valence-electron chi connectivity index (χ2n) is 4.33. The van der Waals surface area contributed by atoms with E-state index in [1.165, 1.54) is 18.4 Å². The Bertz CT molecular complexity index is 203. The molecule has 0 N–H and O–H groups in total. The van der Waals surface area contributed by atoms with Crippen LogP contribution in [0.3, 0.4) is 0 Å². The Morgan fingerprint density at radius 2 is 1.64 bits per heavy atom. The van der Waals surface area contributed by atoms with Gasteiger partial charge in [0.05, 0.1) is 8.07 Å². The smallest absolute Gasteiger partial charge is 0.0775 e. The van der Waals surface area contributed by atoms with Crippen LogP contribution in [0.5, 0.6) is 0 Å². The predicted molar refractivity (Wildman–Crippen MR) is 54.4 cm³/mol. The maximum atomic E-state index is 2.45. The maximum absolute atomic E-state index is 2.45. The van der Waals surface area contributed by atoms with E-state index in [-0.39, 0.29) is 0 Å². The van der Waals surface area contributed by atoms with Gasteiger partial charge in [-0.15, -0.1) is 0 Å². The van der Waals surface area contributed by atoms with Crippen LogP contribution in [0.25, 0.3) is 0 Å². The molecular formula is C10H18Si. The van der Waals surface area contributed by atoms with Crippen LogP contribution in [0.1, 0.15) is 19.8 Å². The Balaban J connectivity index is 2.87. The van der Waals surface area contributed by atoms with Crippen molar-refractivity contribution in [2.45, 2.75) is 39.4 Å². The number of rotatable bonds is 1. The van der Waals surface area contributed by atoms with Crippen LogP contribution < -0.4 is 0 Å². The lowest BCUT2D eigenvalue weighted by molar-refractivity contribution is 1.01. The average Bonchev–Trinajstić information content (AvgIpc) is 1.86. The van der Waals surface area contributed by atoms with Crippen molar-refractivity contribution >= 4 is 8.07 Å². The van der Waals surface area contributed by atoms with Crippen molar-refractivity contribution in [3.63, 3.8) is 0 Å². The fourth-order valence-corrected chi connectivity index (χ4v) is 3.74. The van der Waals surface area contributed by atoms with Crippen molar-refractivity contribution < 1.29 is 0 Å². The molecule has 0 aromatic rings. The number of hydrogen-bond donors (Lipinski definition) is 0. The molecule has 1 heteroatoms. The van der Waals surface area contributed by atoms with Crippen LogP contribution in [0.15, 0.2) is 22.9 Å². The topological polar surface area (TPSA) is 0 Å². The molecular weight excluding hydrogens is 148 g/mol. The lowest BCUT2D eigenvalue weighted by Gasteiger charge is -2.24. The van der Waals surface area contributed by atoms with Gasteiger partial charge in [-0.1, -0.05) is 42.6 Å². The quantitative estimate of drug-likeness (QED) is 0.523. The molecule has 1 aliphatic rings. The van der Waals surface area contributed by atoms with Crippen LogP contribution >= 0.6 is 0 Å². The Morgan fingerprint density at radius 3 is 2.00 bits per heavy atom. The summed E-state index contributed by atoms with van der Waals surface area (Å²) in [4.78, 5) is 0. The van der Waals surface area contributed by atoms with Crippen molar-refractivity contribution in [2.24, 2.45) is 0 Å². The third kappa shape index (κ3) is 2.06. The summed E-state index contributed by atoms with van der Waals surface area (Å²) in [7, 11) is -1.03. The van der Waals surface area contributed by atoms with Gasteiger partial charge in [0.1, 0.15) is 0 Å². The van der Waals surface area contributed by atoms with E-state index < -0.39 is 8.07 Å². The van der Waals surface area contributed by atoms with E-state index in [9.17, 15) is 0 Å². The SMILES string of the molecule is CC1=CCCC=C1[Si](C)(C)C. The maximum Gasteiger partial charge on any atom is 0.0775 e. The van der Waals surface area contributed by atoms with Crippen LogP contribution in [-0.4, -0.2) is 8.07 Å². The first-order valence-electron chi connectivity index (χ1n) is 4.39. The number of hydrogen-bond acceptors (Lipinski definition) is 0. The lowest BCUT2D eigenvalue weighted by Crippen LogP contribution is -2.25. The van der Waals surface area contributed by atoms with E-state index in [0.717, 1.165) is 0 Å². The van der Waals surface area contributed by atoms with Crippen molar-refractivity contribution in [2.75, 3.05) is 0 Å². The molecule has 1 rings (SSSR count). The van der Waals surface area contributed by atoms with Gasteiger partial charge in [-0.3, -0.25) is 0 Å². The summed E-state index contributed by atoms with van der Waals surface area (Å²) in [6.07, 6.45) is 7.34. The summed E-state index contributed by atoms with van der Waals surface area (Å²) in [5.41, 5.74) is 1.54. The van der Waals surface area contributed by atoms with E-state index in [1.807, 2.05) is 0 Å². The fraction of sp³-hybridized carbons (Fsp3) is 0.600. The second-order valence-corrected chi connectivity index (χ2v) is 9.37. The Kier molecular flexibility index (Phi) is 2.38. The minimum absolute atomic E-state index is 1.03. The largest absolute Gasteiger partial charge is 0.0847 e. The summed E-state index contributed by atoms with van der Waals surface area (Å²) in [5.74, 6) is 0. The molecule has 0 nitrogen and oxygen atoms in total. The van der Waals surface area contributed by atoms with Gasteiger partial charge in [-0.25, -0.2) is 0 Å². The molecule has 0 radical (unpaired) electrons. The van der Waals surface area contributed by atoms with Crippen LogP contribution in [0, 0.1) is 0 Å². The molecule has 1 aliphatic carbocycles. The van der Waals surface area contributed by atoms with Gasteiger partial charge in [0, 0.05) is 0 Å². The van der Waals surface area contributed by atoms with Gasteiger partial charge < -0.3 is 0 Å². The molecule has 0 aromatic carbocycles. The molecule has 0 aromatic heterocycles. The van der Waals surface area contributed by atoms with E-state index >= 15 is 0 Å². The van der Waals surface area contributed by atoms with Crippen LogP contribution in [0.4, 0.5) is 0 Å². The summed E-state index contributed by atoms with van der Waals surface area (Å²) in [6.45, 7) is 9.51. The molecule has 11 heavy (non-hydrogen) atoms. The van der Waals surface area contributed by atoms with Gasteiger partial charge in [0.2, 0.25) is 0 Å². The third-order valence-corrected chi connectivity index (χ3v) is 4.41. The molecule has 0 atom stereocenters. The van der Waals surface area contributed by atoms with Crippen LogP contribution in [-0.2, 0) is 0 Å². The van der Waals surface area contributed by atoms with Gasteiger partial charge >= 0.3 is 0 Å². The molecule has 0 bridgehead atoms. The summed E-state index contributed by atoms with van der Waals surface area (Å²) in [6, 6.07) is 0. The van der Waals surface area contributed by atoms with Gasteiger partial charge in [0.25, 0.3) is 0 Å². The molecule has 0 saturated carbocycles. The molecule has 0 aliphatic heterocycles. The Hall–Kier alpha value is -0.303. The molecule has 62 valence electrons. The zero-order valence-corrected chi connectivity index (χ0v) is 9.07. The summed E-state index contributed by atoms with van der Waals surface area (Å²) >= 11 is 0. The van der Waals surface area contributed by atoms with Gasteiger partial charge in [-0.05, 0) is 19.8 Å². The molecule has 0 unspecified atom stereocenters. The lowest BCUT2D eigenvalue weighted by atomic mass is 10.1. The Labute approximate surface area is 71.0 Å². The van der Waals surface area contributed by atoms with E-state index in [1.54, 1.807) is 5.20 Å². The molecule has 0 spiro atoms. The fourth-order valence-electron chi connectivity index (χ4n) is 1.70. The zero-order chi connectivity index (χ0) is 8.48. The van der Waals surface area contributed by atoms with Gasteiger partial charge in [0.15, 0.2) is 0 Å². The second kappa shape index (κ2) is 2.98.